The number of furan rings is 1. The molecular weight excluding hydrogens is 436 g/mol. The molecule has 182 valence electrons. The van der Waals surface area contributed by atoms with Gasteiger partial charge in [-0.05, 0) is 50.2 Å². The molecule has 1 aromatic carbocycles. The smallest absolute Gasteiger partial charge is 0.337 e. The summed E-state index contributed by atoms with van der Waals surface area (Å²) in [5, 5.41) is 0. The van der Waals surface area contributed by atoms with Gasteiger partial charge in [0.05, 0.1) is 25.0 Å². The van der Waals surface area contributed by atoms with Gasteiger partial charge in [-0.25, -0.2) is 4.79 Å². The number of esters is 1. The van der Waals surface area contributed by atoms with E-state index in [1.807, 2.05) is 24.0 Å². The minimum Gasteiger partial charge on any atom is -0.465 e. The van der Waals surface area contributed by atoms with Crippen molar-refractivity contribution in [3.05, 3.63) is 54.0 Å². The van der Waals surface area contributed by atoms with Crippen LogP contribution in [0.2, 0.25) is 0 Å². The van der Waals surface area contributed by atoms with Gasteiger partial charge in [-0.3, -0.25) is 14.5 Å². The Morgan fingerprint density at radius 2 is 1.65 bits per heavy atom. The van der Waals surface area contributed by atoms with Crippen molar-refractivity contribution < 1.29 is 23.5 Å². The summed E-state index contributed by atoms with van der Waals surface area (Å²) in [5.41, 5.74) is 1.58. The van der Waals surface area contributed by atoms with Gasteiger partial charge in [-0.15, -0.1) is 0 Å². The topological polar surface area (TPSA) is 86.5 Å². The van der Waals surface area contributed by atoms with E-state index in [1.54, 1.807) is 29.2 Å². The molecule has 2 aromatic rings. The summed E-state index contributed by atoms with van der Waals surface area (Å²) >= 11 is 0. The van der Waals surface area contributed by atoms with Crippen LogP contribution in [0, 0.1) is 0 Å². The number of amides is 2. The van der Waals surface area contributed by atoms with Gasteiger partial charge >= 0.3 is 5.97 Å². The van der Waals surface area contributed by atoms with Crippen molar-refractivity contribution in [2.45, 2.75) is 25.9 Å². The molecular formula is C25H32N4O5. The highest BCUT2D eigenvalue weighted by Gasteiger charge is 2.34. The van der Waals surface area contributed by atoms with Crippen LogP contribution < -0.4 is 4.90 Å². The van der Waals surface area contributed by atoms with E-state index in [-0.39, 0.29) is 29.9 Å². The third-order valence-corrected chi connectivity index (χ3v) is 6.80. The van der Waals surface area contributed by atoms with E-state index < -0.39 is 0 Å². The Morgan fingerprint density at radius 3 is 2.24 bits per heavy atom. The molecule has 2 unspecified atom stereocenters. The Labute approximate surface area is 199 Å². The van der Waals surface area contributed by atoms with E-state index in [4.69, 9.17) is 9.15 Å². The number of methoxy groups -OCH3 is 1. The highest BCUT2D eigenvalue weighted by atomic mass is 16.5. The van der Waals surface area contributed by atoms with Crippen LogP contribution in [0.3, 0.4) is 0 Å². The Hall–Kier alpha value is -3.33. The van der Waals surface area contributed by atoms with E-state index in [0.717, 1.165) is 25.3 Å². The molecule has 1 aromatic heterocycles. The highest BCUT2D eigenvalue weighted by Crippen LogP contribution is 2.22. The molecule has 0 bridgehead atoms. The SMILES string of the molecule is COC(=O)c1ccc(N2CCN(C(C)C(=O)N3CCN(C(=O)c4ccco4)CC3)C(C)C2)cc1. The first-order valence-corrected chi connectivity index (χ1v) is 11.7. The van der Waals surface area contributed by atoms with Gasteiger partial charge in [0.2, 0.25) is 5.91 Å². The summed E-state index contributed by atoms with van der Waals surface area (Å²) in [6.07, 6.45) is 1.49. The van der Waals surface area contributed by atoms with Gasteiger partial charge in [-0.2, -0.15) is 0 Å². The van der Waals surface area contributed by atoms with Crippen LogP contribution in [-0.2, 0) is 9.53 Å². The van der Waals surface area contributed by atoms with Crippen LogP contribution in [0.4, 0.5) is 5.69 Å². The van der Waals surface area contributed by atoms with Gasteiger partial charge in [0.25, 0.3) is 5.91 Å². The molecule has 0 aliphatic carbocycles. The van der Waals surface area contributed by atoms with Gasteiger partial charge in [0.1, 0.15) is 0 Å². The molecule has 2 aliphatic heterocycles. The fraction of sp³-hybridized carbons (Fsp3) is 0.480. The Bertz CT molecular complexity index is 999. The van der Waals surface area contributed by atoms with Crippen LogP contribution in [0.15, 0.2) is 47.1 Å². The summed E-state index contributed by atoms with van der Waals surface area (Å²) in [6.45, 7) is 8.52. The third-order valence-electron chi connectivity index (χ3n) is 6.80. The van der Waals surface area contributed by atoms with Crippen LogP contribution in [-0.4, -0.2) is 97.5 Å². The normalized spacial score (nSPS) is 20.2. The molecule has 4 rings (SSSR count). The molecule has 34 heavy (non-hydrogen) atoms. The van der Waals surface area contributed by atoms with E-state index in [1.165, 1.54) is 13.4 Å². The number of nitrogens with zero attached hydrogens (tertiary/aromatic N) is 4. The van der Waals surface area contributed by atoms with Crippen LogP contribution in [0.1, 0.15) is 34.8 Å². The number of piperazine rings is 2. The van der Waals surface area contributed by atoms with E-state index in [9.17, 15) is 14.4 Å². The van der Waals surface area contributed by atoms with Crippen molar-refractivity contribution >= 4 is 23.5 Å². The first kappa shape index (κ1) is 23.8. The zero-order valence-corrected chi connectivity index (χ0v) is 20.0. The van der Waals surface area contributed by atoms with Crippen molar-refractivity contribution in [3.8, 4) is 0 Å². The van der Waals surface area contributed by atoms with E-state index >= 15 is 0 Å². The fourth-order valence-corrected chi connectivity index (χ4v) is 4.80. The molecule has 3 heterocycles. The monoisotopic (exact) mass is 468 g/mol. The number of benzene rings is 1. The van der Waals surface area contributed by atoms with Crippen molar-refractivity contribution in [2.24, 2.45) is 0 Å². The zero-order chi connectivity index (χ0) is 24.2. The highest BCUT2D eigenvalue weighted by molar-refractivity contribution is 5.92. The number of hydrogen-bond donors (Lipinski definition) is 0. The number of anilines is 1. The lowest BCUT2D eigenvalue weighted by atomic mass is 10.1. The number of carbonyl (C=O) groups excluding carboxylic acids is 3. The zero-order valence-electron chi connectivity index (χ0n) is 20.0. The molecule has 0 N–H and O–H groups in total. The van der Waals surface area contributed by atoms with E-state index in [2.05, 4.69) is 16.7 Å². The van der Waals surface area contributed by atoms with Crippen LogP contribution in [0.25, 0.3) is 0 Å². The Morgan fingerprint density at radius 1 is 0.971 bits per heavy atom. The molecule has 2 aliphatic rings. The van der Waals surface area contributed by atoms with Crippen molar-refractivity contribution in [2.75, 3.05) is 57.8 Å². The van der Waals surface area contributed by atoms with Crippen LogP contribution in [0.5, 0.6) is 0 Å². The molecule has 0 spiro atoms. The second-order valence-electron chi connectivity index (χ2n) is 8.84. The molecule has 9 nitrogen and oxygen atoms in total. The Balaban J connectivity index is 1.30. The predicted molar refractivity (Wildman–Crippen MR) is 127 cm³/mol. The predicted octanol–water partition coefficient (Wildman–Crippen LogP) is 1.95. The van der Waals surface area contributed by atoms with Crippen molar-refractivity contribution in [1.82, 2.24) is 14.7 Å². The summed E-state index contributed by atoms with van der Waals surface area (Å²) < 4.78 is 9.98. The first-order chi connectivity index (χ1) is 16.4. The van der Waals surface area contributed by atoms with Crippen molar-refractivity contribution in [3.63, 3.8) is 0 Å². The molecule has 0 radical (unpaired) electrons. The van der Waals surface area contributed by atoms with E-state index in [0.29, 0.717) is 37.5 Å². The summed E-state index contributed by atoms with van der Waals surface area (Å²) in [6, 6.07) is 10.8. The number of rotatable bonds is 5. The van der Waals surface area contributed by atoms with Crippen LogP contribution >= 0.6 is 0 Å². The standard InChI is InChI=1S/C25H32N4O5/c1-18-17-28(21-8-6-20(7-9-21)25(32)33-3)14-15-29(18)19(2)23(30)26-10-12-27(13-11-26)24(31)22-5-4-16-34-22/h4-9,16,18-19H,10-15,17H2,1-3H3. The molecule has 2 fully saturated rings. The summed E-state index contributed by atoms with van der Waals surface area (Å²) in [4.78, 5) is 45.5. The first-order valence-electron chi connectivity index (χ1n) is 11.7. The maximum atomic E-state index is 13.2. The number of hydrogen-bond acceptors (Lipinski definition) is 7. The fourth-order valence-electron chi connectivity index (χ4n) is 4.80. The lowest BCUT2D eigenvalue weighted by Crippen LogP contribution is -2.60. The van der Waals surface area contributed by atoms with Crippen molar-refractivity contribution in [1.29, 1.82) is 0 Å². The molecule has 2 atom stereocenters. The second kappa shape index (κ2) is 10.3. The molecule has 2 saturated heterocycles. The summed E-state index contributed by atoms with van der Waals surface area (Å²) in [5.74, 6) is -0.0367. The second-order valence-corrected chi connectivity index (χ2v) is 8.84. The Kier molecular flexibility index (Phi) is 7.21. The number of carbonyl (C=O) groups is 3. The number of ether oxygens (including phenoxy) is 1. The average Bonchev–Trinajstić information content (AvgIpc) is 3.42. The van der Waals surface area contributed by atoms with Gasteiger partial charge in [-0.1, -0.05) is 0 Å². The minimum absolute atomic E-state index is 0.104. The maximum Gasteiger partial charge on any atom is 0.337 e. The minimum atomic E-state index is -0.344. The third kappa shape index (κ3) is 4.94. The van der Waals surface area contributed by atoms with Gasteiger partial charge < -0.3 is 23.9 Å². The quantitative estimate of drug-likeness (QED) is 0.620. The largest absolute Gasteiger partial charge is 0.465 e. The molecule has 0 saturated carbocycles. The lowest BCUT2D eigenvalue weighted by Gasteiger charge is -2.45. The average molecular weight is 469 g/mol. The van der Waals surface area contributed by atoms with Gasteiger partial charge in [0.15, 0.2) is 5.76 Å². The van der Waals surface area contributed by atoms with Gasteiger partial charge in [0, 0.05) is 57.5 Å². The molecule has 2 amide bonds. The lowest BCUT2D eigenvalue weighted by molar-refractivity contribution is -0.139. The maximum absolute atomic E-state index is 13.2. The summed E-state index contributed by atoms with van der Waals surface area (Å²) in [7, 11) is 1.37. The molecule has 9 heteroatoms.